The third-order valence-corrected chi connectivity index (χ3v) is 11.6. The van der Waals surface area contributed by atoms with Crippen molar-refractivity contribution in [2.24, 2.45) is 46.3 Å². The average molecular weight is 500 g/mol. The molecule has 4 rings (SSSR count). The maximum atomic E-state index is 12.2. The van der Waals surface area contributed by atoms with Crippen LogP contribution in [0.15, 0.2) is 0 Å². The van der Waals surface area contributed by atoms with E-state index < -0.39 is 15.9 Å². The van der Waals surface area contributed by atoms with Gasteiger partial charge in [-0.1, -0.05) is 20.8 Å². The highest BCUT2D eigenvalue weighted by Crippen LogP contribution is 2.68. The zero-order chi connectivity index (χ0) is 24.9. The molecule has 0 aliphatic heterocycles. The highest BCUT2D eigenvalue weighted by atomic mass is 32.2. The predicted octanol–water partition coefficient (Wildman–Crippen LogP) is 3.40. The first-order valence-corrected chi connectivity index (χ1v) is 15.0. The van der Waals surface area contributed by atoms with Gasteiger partial charge in [-0.05, 0) is 104 Å². The largest absolute Gasteiger partial charge is 0.393 e. The number of rotatable bonds is 7. The van der Waals surface area contributed by atoms with E-state index in [2.05, 4.69) is 26.1 Å². The van der Waals surface area contributed by atoms with Gasteiger partial charge in [0.15, 0.2) is 0 Å². The molecule has 4 N–H and O–H groups in total. The Kier molecular flexibility index (Phi) is 7.47. The molecule has 0 saturated heterocycles. The first-order valence-electron chi connectivity index (χ1n) is 13.4. The third-order valence-electron chi connectivity index (χ3n) is 10.9. The second kappa shape index (κ2) is 9.64. The Labute approximate surface area is 205 Å². The summed E-state index contributed by atoms with van der Waals surface area (Å²) in [7, 11) is -4.06. The Hall–Kier alpha value is -0.700. The van der Waals surface area contributed by atoms with E-state index in [1.54, 1.807) is 0 Å². The van der Waals surface area contributed by atoms with Crippen LogP contribution in [0.3, 0.4) is 0 Å². The van der Waals surface area contributed by atoms with Gasteiger partial charge < -0.3 is 15.5 Å². The second-order valence-electron chi connectivity index (χ2n) is 12.6. The number of nitrogens with one attached hydrogen (secondary N) is 1. The summed E-state index contributed by atoms with van der Waals surface area (Å²) in [5.41, 5.74) is 0.411. The maximum absolute atomic E-state index is 12.2. The van der Waals surface area contributed by atoms with Gasteiger partial charge in [0.2, 0.25) is 5.91 Å². The van der Waals surface area contributed by atoms with E-state index in [1.165, 1.54) is 6.42 Å². The van der Waals surface area contributed by atoms with Gasteiger partial charge in [0.05, 0.1) is 18.0 Å². The van der Waals surface area contributed by atoms with E-state index in [-0.39, 0.29) is 35.5 Å². The summed E-state index contributed by atoms with van der Waals surface area (Å²) in [6, 6.07) is 0. The predicted molar refractivity (Wildman–Crippen MR) is 130 cm³/mol. The lowest BCUT2D eigenvalue weighted by Gasteiger charge is -2.62. The minimum absolute atomic E-state index is 0.0625. The Balaban J connectivity index is 1.39. The molecule has 0 aromatic rings. The van der Waals surface area contributed by atoms with Crippen LogP contribution < -0.4 is 5.32 Å². The lowest BCUT2D eigenvalue weighted by Crippen LogP contribution is -2.58. The van der Waals surface area contributed by atoms with Gasteiger partial charge in [0.25, 0.3) is 10.1 Å². The highest BCUT2D eigenvalue weighted by Gasteiger charge is 2.62. The van der Waals surface area contributed by atoms with Crippen molar-refractivity contribution in [3.05, 3.63) is 0 Å². The Morgan fingerprint density at radius 3 is 2.41 bits per heavy atom. The van der Waals surface area contributed by atoms with Crippen molar-refractivity contribution in [1.29, 1.82) is 0 Å². The molecular formula is C26H45NO6S. The number of hydrogen-bond acceptors (Lipinski definition) is 5. The molecular weight excluding hydrogens is 454 g/mol. The van der Waals surface area contributed by atoms with Crippen molar-refractivity contribution in [2.45, 2.75) is 97.2 Å². The zero-order valence-corrected chi connectivity index (χ0v) is 21.9. The quantitative estimate of drug-likeness (QED) is 0.398. The van der Waals surface area contributed by atoms with Crippen molar-refractivity contribution in [3.63, 3.8) is 0 Å². The van der Waals surface area contributed by atoms with Gasteiger partial charge in [-0.15, -0.1) is 0 Å². The molecule has 0 bridgehead atoms. The molecule has 4 fully saturated rings. The van der Waals surface area contributed by atoms with Crippen LogP contribution in [0, 0.1) is 46.3 Å². The molecule has 0 aromatic carbocycles. The smallest absolute Gasteiger partial charge is 0.266 e. The third kappa shape index (κ3) is 4.94. The summed E-state index contributed by atoms with van der Waals surface area (Å²) < 4.78 is 30.5. The monoisotopic (exact) mass is 499 g/mol. The molecule has 10 atom stereocenters. The zero-order valence-electron chi connectivity index (χ0n) is 21.1. The highest BCUT2D eigenvalue weighted by molar-refractivity contribution is 7.85. The molecule has 4 aliphatic carbocycles. The Morgan fingerprint density at radius 2 is 1.71 bits per heavy atom. The van der Waals surface area contributed by atoms with E-state index in [0.29, 0.717) is 41.9 Å². The van der Waals surface area contributed by atoms with E-state index in [4.69, 9.17) is 4.55 Å². The van der Waals surface area contributed by atoms with Crippen LogP contribution in [0.4, 0.5) is 0 Å². The molecule has 1 amide bonds. The Bertz CT molecular complexity index is 863. The second-order valence-corrected chi connectivity index (χ2v) is 14.2. The van der Waals surface area contributed by atoms with Crippen molar-refractivity contribution < 1.29 is 28.0 Å². The van der Waals surface area contributed by atoms with E-state index >= 15 is 0 Å². The fourth-order valence-electron chi connectivity index (χ4n) is 9.14. The molecule has 4 saturated carbocycles. The van der Waals surface area contributed by atoms with Gasteiger partial charge in [0, 0.05) is 13.0 Å². The SMILES string of the molecule is C[C@H](CCC(=O)NCCS(=O)(=O)O)[C@H]1CC[C@H]2C3C(O)C[C@@H]4C[C@H](O)CC[C@]4(C)[C@H]3CC[C@]12C. The van der Waals surface area contributed by atoms with Crippen LogP contribution in [0.1, 0.15) is 85.0 Å². The van der Waals surface area contributed by atoms with Crippen molar-refractivity contribution >= 4 is 16.0 Å². The van der Waals surface area contributed by atoms with Crippen LogP contribution in [-0.2, 0) is 14.9 Å². The van der Waals surface area contributed by atoms with Crippen molar-refractivity contribution in [1.82, 2.24) is 5.32 Å². The molecule has 7 nitrogen and oxygen atoms in total. The van der Waals surface area contributed by atoms with Gasteiger partial charge in [-0.3, -0.25) is 9.35 Å². The van der Waals surface area contributed by atoms with Crippen molar-refractivity contribution in [3.8, 4) is 0 Å². The lowest BCUT2D eigenvalue weighted by molar-refractivity contribution is -0.174. The molecule has 34 heavy (non-hydrogen) atoms. The minimum Gasteiger partial charge on any atom is -0.393 e. The molecule has 196 valence electrons. The summed E-state index contributed by atoms with van der Waals surface area (Å²) >= 11 is 0. The summed E-state index contributed by atoms with van der Waals surface area (Å²) in [6.45, 7) is 7.05. The van der Waals surface area contributed by atoms with Crippen LogP contribution >= 0.6 is 0 Å². The first kappa shape index (κ1) is 26.4. The standard InChI is InChI=1S/C26H45NO6S/c1-16(4-7-23(30)27-12-13-34(31,32)33)19-5-6-20-24-21(9-11-26(19,20)3)25(2)10-8-18(28)14-17(25)15-22(24)29/h16-22,24,28-29H,4-15H2,1-3H3,(H,27,30)(H,31,32,33)/t16-,17+,18-,19-,20+,21+,22?,24?,25+,26-/m1/s1. The number of hydrogen-bond donors (Lipinski definition) is 4. The topological polar surface area (TPSA) is 124 Å². The van der Waals surface area contributed by atoms with E-state index in [0.717, 1.165) is 51.4 Å². The lowest BCUT2D eigenvalue weighted by atomic mass is 9.43. The fourth-order valence-corrected chi connectivity index (χ4v) is 9.50. The Morgan fingerprint density at radius 1 is 1.03 bits per heavy atom. The molecule has 8 heteroatoms. The summed E-state index contributed by atoms with van der Waals surface area (Å²) in [4.78, 5) is 12.2. The number of carbonyl (C=O) groups is 1. The van der Waals surface area contributed by atoms with Crippen molar-refractivity contribution in [2.75, 3.05) is 12.3 Å². The molecule has 4 aliphatic rings. The summed E-state index contributed by atoms with van der Waals surface area (Å²) in [5.74, 6) is 2.10. The van der Waals surface area contributed by atoms with Gasteiger partial charge in [-0.25, -0.2) is 0 Å². The fraction of sp³-hybridized carbons (Fsp3) is 0.962. The van der Waals surface area contributed by atoms with Crippen LogP contribution in [0.2, 0.25) is 0 Å². The van der Waals surface area contributed by atoms with Gasteiger partial charge in [-0.2, -0.15) is 8.42 Å². The first-order chi connectivity index (χ1) is 15.8. The number of fused-ring (bicyclic) bond motifs is 5. The number of carbonyl (C=O) groups excluding carboxylic acids is 1. The average Bonchev–Trinajstić information content (AvgIpc) is 3.09. The molecule has 0 radical (unpaired) electrons. The minimum atomic E-state index is -4.06. The molecule has 0 heterocycles. The van der Waals surface area contributed by atoms with E-state index in [1.807, 2.05) is 0 Å². The molecule has 0 aromatic heterocycles. The van der Waals surface area contributed by atoms with E-state index in [9.17, 15) is 23.4 Å². The van der Waals surface area contributed by atoms with Gasteiger partial charge in [0.1, 0.15) is 0 Å². The summed E-state index contributed by atoms with van der Waals surface area (Å²) in [6.07, 6.45) is 8.87. The van der Waals surface area contributed by atoms with Crippen LogP contribution in [0.25, 0.3) is 0 Å². The van der Waals surface area contributed by atoms with Crippen LogP contribution in [0.5, 0.6) is 0 Å². The van der Waals surface area contributed by atoms with Gasteiger partial charge >= 0.3 is 0 Å². The number of amides is 1. The maximum Gasteiger partial charge on any atom is 0.266 e. The number of aliphatic hydroxyl groups excluding tert-OH is 2. The molecule has 2 unspecified atom stereocenters. The number of aliphatic hydroxyl groups is 2. The van der Waals surface area contributed by atoms with Crippen LogP contribution in [-0.4, -0.2) is 53.6 Å². The summed E-state index contributed by atoms with van der Waals surface area (Å²) in [5, 5.41) is 24.2. The molecule has 0 spiro atoms. The normalized spacial score (nSPS) is 45.1.